The summed E-state index contributed by atoms with van der Waals surface area (Å²) in [6, 6.07) is 0.489. The van der Waals surface area contributed by atoms with Crippen LogP contribution in [0.1, 0.15) is 98.8 Å². The van der Waals surface area contributed by atoms with Gasteiger partial charge in [-0.25, -0.2) is 0 Å². The molecule has 0 amide bonds. The highest BCUT2D eigenvalue weighted by atomic mass is 16.3. The fourth-order valence-electron chi connectivity index (χ4n) is 12.2. The van der Waals surface area contributed by atoms with Crippen LogP contribution in [0.4, 0.5) is 0 Å². The van der Waals surface area contributed by atoms with Gasteiger partial charge in [0.15, 0.2) is 0 Å². The number of nitrogens with one attached hydrogen (secondary N) is 1. The molecule has 0 aliphatic heterocycles. The fourth-order valence-corrected chi connectivity index (χ4v) is 12.2. The van der Waals surface area contributed by atoms with Crippen molar-refractivity contribution in [3.8, 4) is 0 Å². The van der Waals surface area contributed by atoms with E-state index in [9.17, 15) is 15.3 Å². The maximum atomic E-state index is 10.7. The SMILES string of the molecule is C=C(CO)[C@@H]1CC[C@]2(CO)CC[C@]3(C)[C@H](CC[C@@H]4[C@@]5(C)CC[C@H](NCCO)C(C)(C)[C@@H]5CC[C@]43C)[C@@H]12. The molecule has 0 saturated heterocycles. The van der Waals surface area contributed by atoms with Gasteiger partial charge in [0.1, 0.15) is 0 Å². The van der Waals surface area contributed by atoms with Gasteiger partial charge in [-0.15, -0.1) is 0 Å². The van der Waals surface area contributed by atoms with Crippen molar-refractivity contribution < 1.29 is 15.3 Å². The fraction of sp³-hybridized carbons (Fsp3) is 0.938. The predicted molar refractivity (Wildman–Crippen MR) is 146 cm³/mol. The largest absolute Gasteiger partial charge is 0.396 e. The monoisotopic (exact) mass is 501 g/mol. The molecule has 0 aromatic carbocycles. The summed E-state index contributed by atoms with van der Waals surface area (Å²) < 4.78 is 0. The van der Waals surface area contributed by atoms with Gasteiger partial charge in [0.2, 0.25) is 0 Å². The molecule has 0 heterocycles. The molecule has 0 unspecified atom stereocenters. The first-order valence-corrected chi connectivity index (χ1v) is 15.2. The maximum Gasteiger partial charge on any atom is 0.0641 e. The lowest BCUT2D eigenvalue weighted by Gasteiger charge is -2.73. The molecule has 4 N–H and O–H groups in total. The highest BCUT2D eigenvalue weighted by Crippen LogP contribution is 2.77. The summed E-state index contributed by atoms with van der Waals surface area (Å²) in [4.78, 5) is 0. The molecule has 5 saturated carbocycles. The first kappa shape index (κ1) is 27.2. The number of hydrogen-bond acceptors (Lipinski definition) is 4. The summed E-state index contributed by atoms with van der Waals surface area (Å²) >= 11 is 0. The van der Waals surface area contributed by atoms with Crippen molar-refractivity contribution in [3.63, 3.8) is 0 Å². The highest BCUT2D eigenvalue weighted by molar-refractivity contribution is 5.22. The van der Waals surface area contributed by atoms with E-state index in [1.807, 2.05) is 0 Å². The number of rotatable bonds is 6. The lowest BCUT2D eigenvalue weighted by Crippen LogP contribution is -2.67. The Morgan fingerprint density at radius 3 is 2.22 bits per heavy atom. The van der Waals surface area contributed by atoms with Crippen molar-refractivity contribution in [2.75, 3.05) is 26.4 Å². The van der Waals surface area contributed by atoms with Crippen LogP contribution in [0.5, 0.6) is 0 Å². The molecule has 4 heteroatoms. The highest BCUT2D eigenvalue weighted by Gasteiger charge is 2.70. The Kier molecular flexibility index (Phi) is 6.84. The van der Waals surface area contributed by atoms with Crippen LogP contribution in [-0.2, 0) is 0 Å². The molecule has 10 atom stereocenters. The zero-order valence-electron chi connectivity index (χ0n) is 23.9. The molecule has 5 fully saturated rings. The Balaban J connectivity index is 1.49. The minimum Gasteiger partial charge on any atom is -0.396 e. The quantitative estimate of drug-likeness (QED) is 0.360. The smallest absolute Gasteiger partial charge is 0.0641 e. The van der Waals surface area contributed by atoms with Gasteiger partial charge < -0.3 is 20.6 Å². The second-order valence-corrected chi connectivity index (χ2v) is 15.3. The van der Waals surface area contributed by atoms with Gasteiger partial charge in [-0.2, -0.15) is 0 Å². The van der Waals surface area contributed by atoms with Crippen LogP contribution in [0.3, 0.4) is 0 Å². The van der Waals surface area contributed by atoms with Crippen molar-refractivity contribution in [2.24, 2.45) is 56.7 Å². The van der Waals surface area contributed by atoms with Crippen LogP contribution in [0, 0.1) is 56.7 Å². The van der Waals surface area contributed by atoms with Gasteiger partial charge >= 0.3 is 0 Å². The summed E-state index contributed by atoms with van der Waals surface area (Å²) in [5.41, 5.74) is 2.24. The lowest BCUT2D eigenvalue weighted by atomic mass is 9.32. The second kappa shape index (κ2) is 9.07. The Hall–Kier alpha value is -0.420. The molecule has 0 bridgehead atoms. The van der Waals surface area contributed by atoms with Crippen LogP contribution in [0.15, 0.2) is 12.2 Å². The molecular weight excluding hydrogens is 446 g/mol. The molecule has 5 rings (SSSR count). The van der Waals surface area contributed by atoms with Gasteiger partial charge in [-0.1, -0.05) is 41.2 Å². The van der Waals surface area contributed by atoms with E-state index >= 15 is 0 Å². The molecule has 0 aromatic rings. The van der Waals surface area contributed by atoms with Crippen molar-refractivity contribution >= 4 is 0 Å². The normalized spacial score (nSPS) is 51.6. The molecular formula is C32H55NO3. The average molecular weight is 502 g/mol. The topological polar surface area (TPSA) is 72.7 Å². The Labute approximate surface area is 220 Å². The molecule has 36 heavy (non-hydrogen) atoms. The predicted octanol–water partition coefficient (Wildman–Crippen LogP) is 5.56. The van der Waals surface area contributed by atoms with E-state index in [0.29, 0.717) is 53.7 Å². The summed E-state index contributed by atoms with van der Waals surface area (Å²) in [6.45, 7) is 18.6. The maximum absolute atomic E-state index is 10.7. The van der Waals surface area contributed by atoms with E-state index < -0.39 is 0 Å². The summed E-state index contributed by atoms with van der Waals surface area (Å²) in [5, 5.41) is 33.9. The number of aliphatic hydroxyl groups is 3. The molecule has 4 nitrogen and oxygen atoms in total. The molecule has 206 valence electrons. The van der Waals surface area contributed by atoms with Crippen molar-refractivity contribution in [2.45, 2.75) is 105 Å². The number of hydrogen-bond donors (Lipinski definition) is 4. The first-order chi connectivity index (χ1) is 16.9. The van der Waals surface area contributed by atoms with Crippen molar-refractivity contribution in [3.05, 3.63) is 12.2 Å². The first-order valence-electron chi connectivity index (χ1n) is 15.2. The average Bonchev–Trinajstić information content (AvgIpc) is 3.23. The van der Waals surface area contributed by atoms with E-state index in [2.05, 4.69) is 46.5 Å². The van der Waals surface area contributed by atoms with Crippen LogP contribution < -0.4 is 5.32 Å². The van der Waals surface area contributed by atoms with E-state index in [0.717, 1.165) is 30.8 Å². The van der Waals surface area contributed by atoms with Gasteiger partial charge in [0, 0.05) is 19.2 Å². The molecule has 5 aliphatic rings. The summed E-state index contributed by atoms with van der Waals surface area (Å²) in [5.74, 6) is 2.91. The molecule has 5 aliphatic carbocycles. The van der Waals surface area contributed by atoms with Gasteiger partial charge in [0.25, 0.3) is 0 Å². The third kappa shape index (κ3) is 3.45. The molecule has 0 spiro atoms. The van der Waals surface area contributed by atoms with Crippen LogP contribution in [-0.4, -0.2) is 47.7 Å². The van der Waals surface area contributed by atoms with Gasteiger partial charge in [-0.3, -0.25) is 0 Å². The third-order valence-electron chi connectivity index (χ3n) is 14.2. The number of aliphatic hydroxyl groups excluding tert-OH is 3. The lowest BCUT2D eigenvalue weighted by molar-refractivity contribution is -0.241. The van der Waals surface area contributed by atoms with Crippen LogP contribution >= 0.6 is 0 Å². The zero-order chi connectivity index (χ0) is 26.1. The van der Waals surface area contributed by atoms with E-state index in [-0.39, 0.29) is 29.5 Å². The number of fused-ring (bicyclic) bond motifs is 7. The Morgan fingerprint density at radius 2 is 1.56 bits per heavy atom. The van der Waals surface area contributed by atoms with Gasteiger partial charge in [0.05, 0.1) is 13.2 Å². The van der Waals surface area contributed by atoms with Gasteiger partial charge in [-0.05, 0) is 126 Å². The molecule has 0 radical (unpaired) electrons. The summed E-state index contributed by atoms with van der Waals surface area (Å²) in [6.07, 6.45) is 12.3. The third-order valence-corrected chi connectivity index (χ3v) is 14.2. The van der Waals surface area contributed by atoms with Crippen LogP contribution in [0.2, 0.25) is 0 Å². The summed E-state index contributed by atoms with van der Waals surface area (Å²) in [7, 11) is 0. The minimum absolute atomic E-state index is 0.0374. The van der Waals surface area contributed by atoms with Crippen LogP contribution in [0.25, 0.3) is 0 Å². The second-order valence-electron chi connectivity index (χ2n) is 15.3. The van der Waals surface area contributed by atoms with Crippen molar-refractivity contribution in [1.29, 1.82) is 0 Å². The Bertz CT molecular complexity index is 856. The van der Waals surface area contributed by atoms with E-state index in [1.165, 1.54) is 44.9 Å². The van der Waals surface area contributed by atoms with Crippen molar-refractivity contribution in [1.82, 2.24) is 5.32 Å². The Morgan fingerprint density at radius 1 is 0.806 bits per heavy atom. The molecule has 0 aromatic heterocycles. The minimum atomic E-state index is 0.0374. The van der Waals surface area contributed by atoms with E-state index in [4.69, 9.17) is 0 Å². The van der Waals surface area contributed by atoms with E-state index in [1.54, 1.807) is 0 Å². The zero-order valence-corrected chi connectivity index (χ0v) is 23.9. The standard InChI is InChI=1S/C32H55NO3/c1-21(19-35)22-9-14-32(20-36)16-15-30(5)23(27(22)32)7-8-25-29(4)12-11-26(33-17-18-34)28(2,3)24(29)10-13-31(25,30)6/h22-27,33-36H,1,7-20H2,2-6H3/t22-,23+,24-,25+,26-,27+,29-,30+,31+,32+/m0/s1.